The summed E-state index contributed by atoms with van der Waals surface area (Å²) < 4.78 is 4.88. The topological polar surface area (TPSA) is 26.3 Å². The van der Waals surface area contributed by atoms with E-state index in [9.17, 15) is 4.79 Å². The zero-order valence-electron chi connectivity index (χ0n) is 7.11. The second-order valence-electron chi connectivity index (χ2n) is 2.96. The molecule has 0 fully saturated rings. The average Bonchev–Trinajstić information content (AvgIpc) is 2.15. The molecule has 0 aromatic rings. The van der Waals surface area contributed by atoms with E-state index in [1.807, 2.05) is 0 Å². The number of carbonyl (C=O) groups excluding carboxylic acids is 1. The van der Waals surface area contributed by atoms with Gasteiger partial charge in [0, 0.05) is 5.92 Å². The van der Waals surface area contributed by atoms with Gasteiger partial charge in [0.25, 0.3) is 6.47 Å². The molecule has 0 heterocycles. The van der Waals surface area contributed by atoms with Gasteiger partial charge >= 0.3 is 0 Å². The zero-order chi connectivity index (χ0) is 8.81. The molecule has 0 radical (unpaired) electrons. The summed E-state index contributed by atoms with van der Waals surface area (Å²) in [6, 6.07) is 0. The standard InChI is InChI=1S/C10H14O2/c1-2-10(12-8-11)9-6-4-3-5-7-9/h2,4,6,8-10H,1,3,5,7H2. The average molecular weight is 166 g/mol. The summed E-state index contributed by atoms with van der Waals surface area (Å²) in [5, 5.41) is 0. The maximum atomic E-state index is 10.1. The van der Waals surface area contributed by atoms with Crippen LogP contribution in [-0.2, 0) is 9.53 Å². The zero-order valence-corrected chi connectivity index (χ0v) is 7.11. The molecular weight excluding hydrogens is 152 g/mol. The Labute approximate surface area is 72.9 Å². The minimum absolute atomic E-state index is 0.140. The summed E-state index contributed by atoms with van der Waals surface area (Å²) in [7, 11) is 0. The lowest BCUT2D eigenvalue weighted by molar-refractivity contribution is -0.133. The Hall–Kier alpha value is -1.05. The number of rotatable bonds is 4. The van der Waals surface area contributed by atoms with Crippen LogP contribution in [0.25, 0.3) is 0 Å². The first-order valence-electron chi connectivity index (χ1n) is 4.27. The predicted molar refractivity (Wildman–Crippen MR) is 47.6 cm³/mol. The van der Waals surface area contributed by atoms with Crippen LogP contribution in [0.15, 0.2) is 24.8 Å². The Morgan fingerprint density at radius 2 is 2.50 bits per heavy atom. The summed E-state index contributed by atoms with van der Waals surface area (Å²) in [6.07, 6.45) is 9.20. The van der Waals surface area contributed by atoms with Crippen LogP contribution in [0.2, 0.25) is 0 Å². The monoisotopic (exact) mass is 166 g/mol. The number of carbonyl (C=O) groups is 1. The quantitative estimate of drug-likeness (QED) is 0.472. The van der Waals surface area contributed by atoms with Crippen LogP contribution in [0, 0.1) is 5.92 Å². The van der Waals surface area contributed by atoms with Crippen molar-refractivity contribution in [1.29, 1.82) is 0 Å². The fourth-order valence-electron chi connectivity index (χ4n) is 1.51. The molecule has 0 bridgehead atoms. The van der Waals surface area contributed by atoms with Crippen molar-refractivity contribution in [3.8, 4) is 0 Å². The first-order valence-corrected chi connectivity index (χ1v) is 4.27. The lowest BCUT2D eigenvalue weighted by Crippen LogP contribution is -2.20. The highest BCUT2D eigenvalue weighted by Crippen LogP contribution is 2.22. The first kappa shape index (κ1) is 9.04. The lowest BCUT2D eigenvalue weighted by Gasteiger charge is -2.22. The Kier molecular flexibility index (Phi) is 3.58. The van der Waals surface area contributed by atoms with Crippen LogP contribution >= 0.6 is 0 Å². The van der Waals surface area contributed by atoms with E-state index in [1.165, 1.54) is 6.42 Å². The third-order valence-electron chi connectivity index (χ3n) is 2.16. The molecule has 0 saturated heterocycles. The number of allylic oxidation sites excluding steroid dienone is 1. The van der Waals surface area contributed by atoms with Crippen LogP contribution in [0.1, 0.15) is 19.3 Å². The van der Waals surface area contributed by atoms with Crippen molar-refractivity contribution in [3.63, 3.8) is 0 Å². The van der Waals surface area contributed by atoms with Gasteiger partial charge in [-0.2, -0.15) is 0 Å². The van der Waals surface area contributed by atoms with Crippen LogP contribution < -0.4 is 0 Å². The Balaban J connectivity index is 2.51. The van der Waals surface area contributed by atoms with Gasteiger partial charge in [-0.25, -0.2) is 0 Å². The van der Waals surface area contributed by atoms with Gasteiger partial charge in [0.05, 0.1) is 0 Å². The molecule has 0 aliphatic heterocycles. The highest BCUT2D eigenvalue weighted by Gasteiger charge is 2.18. The van der Waals surface area contributed by atoms with Crippen molar-refractivity contribution in [3.05, 3.63) is 24.8 Å². The van der Waals surface area contributed by atoms with E-state index in [4.69, 9.17) is 4.74 Å². The fraction of sp³-hybridized carbons (Fsp3) is 0.500. The van der Waals surface area contributed by atoms with Gasteiger partial charge in [-0.15, -0.1) is 0 Å². The second-order valence-corrected chi connectivity index (χ2v) is 2.96. The molecule has 12 heavy (non-hydrogen) atoms. The van der Waals surface area contributed by atoms with Crippen LogP contribution in [0.3, 0.4) is 0 Å². The van der Waals surface area contributed by atoms with E-state index in [0.29, 0.717) is 12.4 Å². The van der Waals surface area contributed by atoms with Crippen LogP contribution in [0.4, 0.5) is 0 Å². The number of hydrogen-bond acceptors (Lipinski definition) is 2. The molecule has 66 valence electrons. The van der Waals surface area contributed by atoms with Gasteiger partial charge in [0.2, 0.25) is 0 Å². The molecule has 1 aliphatic rings. The summed E-state index contributed by atoms with van der Waals surface area (Å²) in [6.45, 7) is 4.13. The molecule has 0 N–H and O–H groups in total. The number of hydrogen-bond donors (Lipinski definition) is 0. The number of ether oxygens (including phenoxy) is 1. The van der Waals surface area contributed by atoms with E-state index >= 15 is 0 Å². The molecule has 0 saturated carbocycles. The summed E-state index contributed by atoms with van der Waals surface area (Å²) in [5.41, 5.74) is 0. The van der Waals surface area contributed by atoms with Crippen LogP contribution in [0.5, 0.6) is 0 Å². The van der Waals surface area contributed by atoms with E-state index in [1.54, 1.807) is 6.08 Å². The van der Waals surface area contributed by atoms with Crippen molar-refractivity contribution < 1.29 is 9.53 Å². The van der Waals surface area contributed by atoms with Crippen molar-refractivity contribution >= 4 is 6.47 Å². The summed E-state index contributed by atoms with van der Waals surface area (Å²) in [4.78, 5) is 10.1. The highest BCUT2D eigenvalue weighted by atomic mass is 16.5. The van der Waals surface area contributed by atoms with Crippen molar-refractivity contribution in [1.82, 2.24) is 0 Å². The first-order chi connectivity index (χ1) is 5.88. The molecule has 1 aliphatic carbocycles. The van der Waals surface area contributed by atoms with E-state index in [2.05, 4.69) is 18.7 Å². The van der Waals surface area contributed by atoms with Crippen LogP contribution in [-0.4, -0.2) is 12.6 Å². The third-order valence-corrected chi connectivity index (χ3v) is 2.16. The predicted octanol–water partition coefficient (Wildman–Crippen LogP) is 2.07. The van der Waals surface area contributed by atoms with E-state index < -0.39 is 0 Å². The summed E-state index contributed by atoms with van der Waals surface area (Å²) in [5.74, 6) is 0.335. The van der Waals surface area contributed by atoms with Gasteiger partial charge in [-0.3, -0.25) is 4.79 Å². The molecule has 2 unspecified atom stereocenters. The minimum Gasteiger partial charge on any atom is -0.460 e. The summed E-state index contributed by atoms with van der Waals surface area (Å²) >= 11 is 0. The molecule has 2 atom stereocenters. The van der Waals surface area contributed by atoms with Crippen molar-refractivity contribution in [2.24, 2.45) is 5.92 Å². The third kappa shape index (κ3) is 2.22. The Morgan fingerprint density at radius 1 is 1.67 bits per heavy atom. The molecular formula is C10H14O2. The Morgan fingerprint density at radius 3 is 3.00 bits per heavy atom. The SMILES string of the molecule is C=CC(OC=O)C1C=CCCC1. The minimum atomic E-state index is -0.140. The van der Waals surface area contributed by atoms with Crippen molar-refractivity contribution in [2.45, 2.75) is 25.4 Å². The smallest absolute Gasteiger partial charge is 0.293 e. The van der Waals surface area contributed by atoms with Gasteiger partial charge in [-0.1, -0.05) is 24.8 Å². The molecule has 0 aromatic heterocycles. The highest BCUT2D eigenvalue weighted by molar-refractivity contribution is 5.38. The molecule has 0 aromatic carbocycles. The van der Waals surface area contributed by atoms with Crippen molar-refractivity contribution in [2.75, 3.05) is 0 Å². The maximum Gasteiger partial charge on any atom is 0.293 e. The second kappa shape index (κ2) is 4.75. The molecule has 1 rings (SSSR count). The molecule has 0 amide bonds. The molecule has 0 spiro atoms. The largest absolute Gasteiger partial charge is 0.460 e. The normalized spacial score (nSPS) is 24.5. The van der Waals surface area contributed by atoms with Gasteiger partial charge < -0.3 is 4.74 Å². The van der Waals surface area contributed by atoms with Gasteiger partial charge in [-0.05, 0) is 19.3 Å². The van der Waals surface area contributed by atoms with E-state index in [0.717, 1.165) is 12.8 Å². The van der Waals surface area contributed by atoms with Gasteiger partial charge in [0.1, 0.15) is 6.10 Å². The lowest BCUT2D eigenvalue weighted by atomic mass is 9.91. The maximum absolute atomic E-state index is 10.1. The van der Waals surface area contributed by atoms with Gasteiger partial charge in [0.15, 0.2) is 0 Å². The Bertz CT molecular complexity index is 184. The molecule has 2 heteroatoms. The molecule has 2 nitrogen and oxygen atoms in total. The van der Waals surface area contributed by atoms with E-state index in [-0.39, 0.29) is 6.10 Å². The fourth-order valence-corrected chi connectivity index (χ4v) is 1.51.